The highest BCUT2D eigenvalue weighted by molar-refractivity contribution is 7.89. The van der Waals surface area contributed by atoms with E-state index in [4.69, 9.17) is 5.11 Å². The number of aryl methyl sites for hydroxylation is 1. The molecular weight excluding hydrogens is 308 g/mol. The van der Waals surface area contributed by atoms with E-state index >= 15 is 0 Å². The van der Waals surface area contributed by atoms with Gasteiger partial charge in [0.05, 0.1) is 0 Å². The number of aromatic carboxylic acids is 1. The van der Waals surface area contributed by atoms with Crippen molar-refractivity contribution < 1.29 is 18.3 Å². The minimum Gasteiger partial charge on any atom is -0.477 e. The molecular formula is C13H18N4O4S. The van der Waals surface area contributed by atoms with Crippen molar-refractivity contribution in [1.29, 1.82) is 0 Å². The van der Waals surface area contributed by atoms with Gasteiger partial charge in [-0.15, -0.1) is 0 Å². The molecule has 0 aromatic carbocycles. The Morgan fingerprint density at radius 1 is 1.50 bits per heavy atom. The van der Waals surface area contributed by atoms with Gasteiger partial charge in [0.1, 0.15) is 10.6 Å². The maximum Gasteiger partial charge on any atom is 0.352 e. The molecule has 8 nitrogen and oxygen atoms in total. The predicted octanol–water partition coefficient (Wildman–Crippen LogP) is 0.534. The van der Waals surface area contributed by atoms with Crippen LogP contribution in [-0.2, 0) is 23.6 Å². The van der Waals surface area contributed by atoms with E-state index < -0.39 is 16.0 Å². The summed E-state index contributed by atoms with van der Waals surface area (Å²) in [5, 5.41) is 13.0. The van der Waals surface area contributed by atoms with Crippen LogP contribution in [0.1, 0.15) is 17.4 Å². The molecule has 2 heterocycles. The Labute approximate surface area is 128 Å². The largest absolute Gasteiger partial charge is 0.477 e. The zero-order valence-electron chi connectivity index (χ0n) is 12.3. The number of aromatic nitrogens is 3. The van der Waals surface area contributed by atoms with E-state index in [1.54, 1.807) is 23.1 Å². The van der Waals surface area contributed by atoms with E-state index in [-0.39, 0.29) is 23.1 Å². The van der Waals surface area contributed by atoms with E-state index in [9.17, 15) is 13.2 Å². The highest BCUT2D eigenvalue weighted by atomic mass is 32.2. The van der Waals surface area contributed by atoms with Gasteiger partial charge in [-0.3, -0.25) is 4.68 Å². The lowest BCUT2D eigenvalue weighted by molar-refractivity contribution is 0.0686. The van der Waals surface area contributed by atoms with Crippen molar-refractivity contribution in [1.82, 2.24) is 19.1 Å². The fraction of sp³-hybridized carbons (Fsp3) is 0.385. The molecule has 0 aliphatic heterocycles. The topological polar surface area (TPSA) is 106 Å². The first-order chi connectivity index (χ1) is 10.3. The highest BCUT2D eigenvalue weighted by Crippen LogP contribution is 2.13. The van der Waals surface area contributed by atoms with Crippen molar-refractivity contribution >= 4 is 16.0 Å². The van der Waals surface area contributed by atoms with E-state index in [1.165, 1.54) is 17.8 Å². The lowest BCUT2D eigenvalue weighted by Crippen LogP contribution is -2.30. The maximum atomic E-state index is 12.2. The van der Waals surface area contributed by atoms with Gasteiger partial charge in [0.15, 0.2) is 0 Å². The molecule has 0 fully saturated rings. The van der Waals surface area contributed by atoms with Crippen molar-refractivity contribution in [3.8, 4) is 0 Å². The van der Waals surface area contributed by atoms with E-state index in [1.807, 2.05) is 6.92 Å². The molecule has 0 bridgehead atoms. The fourth-order valence-electron chi connectivity index (χ4n) is 2.02. The van der Waals surface area contributed by atoms with Gasteiger partial charge in [-0.2, -0.15) is 5.10 Å². The van der Waals surface area contributed by atoms with Crippen LogP contribution < -0.4 is 4.72 Å². The Balaban J connectivity index is 2.02. The van der Waals surface area contributed by atoms with Gasteiger partial charge >= 0.3 is 5.97 Å². The molecule has 2 rings (SSSR count). The van der Waals surface area contributed by atoms with Crippen molar-refractivity contribution in [3.05, 3.63) is 36.4 Å². The first-order valence-corrected chi connectivity index (χ1v) is 8.14. The molecule has 2 aromatic heterocycles. The van der Waals surface area contributed by atoms with Gasteiger partial charge < -0.3 is 9.67 Å². The zero-order chi connectivity index (χ0) is 16.3. The van der Waals surface area contributed by atoms with Crippen LogP contribution in [0, 0.1) is 5.92 Å². The number of nitrogens with zero attached hydrogens (tertiary/aromatic N) is 3. The third-order valence-electron chi connectivity index (χ3n) is 3.19. The average molecular weight is 326 g/mol. The fourth-order valence-corrected chi connectivity index (χ4v) is 3.26. The molecule has 2 aromatic rings. The molecule has 0 aliphatic carbocycles. The standard InChI is InChI=1S/C13H18N4O4S/c1-10(8-17-5-3-4-14-17)7-15-22(20,21)11-6-12(13(18)19)16(2)9-11/h3-6,9-10,15H,7-8H2,1-2H3,(H,18,19). The Hall–Kier alpha value is -2.13. The molecule has 0 amide bonds. The van der Waals surface area contributed by atoms with Gasteiger partial charge in [-0.1, -0.05) is 6.92 Å². The van der Waals surface area contributed by atoms with Crippen LogP contribution in [0.4, 0.5) is 0 Å². The van der Waals surface area contributed by atoms with Crippen LogP contribution in [-0.4, -0.2) is 40.4 Å². The van der Waals surface area contributed by atoms with Gasteiger partial charge in [-0.05, 0) is 18.1 Å². The molecule has 1 atom stereocenters. The number of rotatable bonds is 7. The third-order valence-corrected chi connectivity index (χ3v) is 4.58. The van der Waals surface area contributed by atoms with Crippen molar-refractivity contribution in [2.45, 2.75) is 18.4 Å². The molecule has 0 aliphatic rings. The number of carboxylic acids is 1. The molecule has 0 spiro atoms. The molecule has 0 radical (unpaired) electrons. The summed E-state index contributed by atoms with van der Waals surface area (Å²) in [6, 6.07) is 2.94. The van der Waals surface area contributed by atoms with Crippen LogP contribution in [0.25, 0.3) is 0 Å². The van der Waals surface area contributed by atoms with E-state index in [0.717, 1.165) is 6.07 Å². The summed E-state index contributed by atoms with van der Waals surface area (Å²) in [5.41, 5.74) is -0.0787. The first kappa shape index (κ1) is 16.2. The zero-order valence-corrected chi connectivity index (χ0v) is 13.1. The third kappa shape index (κ3) is 3.74. The van der Waals surface area contributed by atoms with Crippen molar-refractivity contribution in [2.75, 3.05) is 6.54 Å². The number of carboxylic acid groups (broad SMARTS) is 1. The second kappa shape index (κ2) is 6.32. The molecule has 9 heteroatoms. The summed E-state index contributed by atoms with van der Waals surface area (Å²) in [5.74, 6) is -1.13. The predicted molar refractivity (Wildman–Crippen MR) is 79.0 cm³/mol. The summed E-state index contributed by atoms with van der Waals surface area (Å²) >= 11 is 0. The molecule has 0 saturated heterocycles. The Morgan fingerprint density at radius 3 is 2.77 bits per heavy atom. The van der Waals surface area contributed by atoms with Gasteiger partial charge in [0.2, 0.25) is 10.0 Å². The second-order valence-electron chi connectivity index (χ2n) is 5.16. The number of carbonyl (C=O) groups is 1. The van der Waals surface area contributed by atoms with Crippen LogP contribution in [0.5, 0.6) is 0 Å². The van der Waals surface area contributed by atoms with E-state index in [0.29, 0.717) is 6.54 Å². The molecule has 22 heavy (non-hydrogen) atoms. The monoisotopic (exact) mass is 326 g/mol. The first-order valence-electron chi connectivity index (χ1n) is 6.66. The Kier molecular flexibility index (Phi) is 4.67. The molecule has 2 N–H and O–H groups in total. The van der Waals surface area contributed by atoms with Crippen LogP contribution in [0.15, 0.2) is 35.6 Å². The van der Waals surface area contributed by atoms with Crippen molar-refractivity contribution in [2.24, 2.45) is 13.0 Å². The SMILES string of the molecule is CC(CNS(=O)(=O)c1cc(C(=O)O)n(C)c1)Cn1cccn1. The Bertz CT molecular complexity index is 749. The maximum absolute atomic E-state index is 12.2. The summed E-state index contributed by atoms with van der Waals surface area (Å²) < 4.78 is 29.9. The highest BCUT2D eigenvalue weighted by Gasteiger charge is 2.20. The van der Waals surface area contributed by atoms with Crippen molar-refractivity contribution in [3.63, 3.8) is 0 Å². The van der Waals surface area contributed by atoms with Crippen LogP contribution in [0.3, 0.4) is 0 Å². The smallest absolute Gasteiger partial charge is 0.352 e. The average Bonchev–Trinajstić information content (AvgIpc) is 3.06. The van der Waals surface area contributed by atoms with Gasteiger partial charge in [0, 0.05) is 38.7 Å². The number of hydrogen-bond acceptors (Lipinski definition) is 4. The minimum atomic E-state index is -3.73. The molecule has 120 valence electrons. The quantitative estimate of drug-likeness (QED) is 0.772. The van der Waals surface area contributed by atoms with Gasteiger partial charge in [0.25, 0.3) is 0 Å². The summed E-state index contributed by atoms with van der Waals surface area (Å²) in [6.07, 6.45) is 4.75. The summed E-state index contributed by atoms with van der Waals surface area (Å²) in [7, 11) is -2.24. The number of sulfonamides is 1. The van der Waals surface area contributed by atoms with Crippen LogP contribution >= 0.6 is 0 Å². The minimum absolute atomic E-state index is 0.0392. The Morgan fingerprint density at radius 2 is 2.23 bits per heavy atom. The summed E-state index contributed by atoms with van der Waals surface area (Å²) in [6.45, 7) is 2.72. The lowest BCUT2D eigenvalue weighted by Gasteiger charge is -2.12. The number of hydrogen-bond donors (Lipinski definition) is 2. The molecule has 1 unspecified atom stereocenters. The second-order valence-corrected chi connectivity index (χ2v) is 6.93. The van der Waals surface area contributed by atoms with Crippen LogP contribution in [0.2, 0.25) is 0 Å². The summed E-state index contributed by atoms with van der Waals surface area (Å²) in [4.78, 5) is 10.9. The lowest BCUT2D eigenvalue weighted by atomic mass is 10.2. The normalized spacial score (nSPS) is 13.2. The van der Waals surface area contributed by atoms with E-state index in [2.05, 4.69) is 9.82 Å². The van der Waals surface area contributed by atoms with Gasteiger partial charge in [-0.25, -0.2) is 17.9 Å². The number of nitrogens with one attached hydrogen (secondary N) is 1. The molecule has 0 saturated carbocycles.